The topological polar surface area (TPSA) is 66.6 Å². The number of aryl methyl sites for hydroxylation is 1. The Morgan fingerprint density at radius 2 is 1.41 bits per heavy atom. The van der Waals surface area contributed by atoms with Gasteiger partial charge < -0.3 is 15.5 Å². The zero-order valence-corrected chi connectivity index (χ0v) is 13.6. The number of nitrogens with zero attached hydrogens (tertiary/aromatic N) is 2. The van der Waals surface area contributed by atoms with Crippen LogP contribution in [0.1, 0.15) is 31.0 Å². The fraction of sp³-hybridized carbons (Fsp3) is 0.529. The van der Waals surface area contributed by atoms with Crippen LogP contribution < -0.4 is 5.73 Å². The van der Waals surface area contributed by atoms with Crippen molar-refractivity contribution >= 4 is 11.8 Å². The molecule has 0 bridgehead atoms. The van der Waals surface area contributed by atoms with Crippen molar-refractivity contribution in [2.24, 2.45) is 11.7 Å². The highest BCUT2D eigenvalue weighted by Crippen LogP contribution is 2.16. The molecule has 2 rings (SSSR count). The van der Waals surface area contributed by atoms with Crippen molar-refractivity contribution in [2.45, 2.75) is 26.8 Å². The molecule has 1 aromatic carbocycles. The molecule has 1 aromatic rings. The summed E-state index contributed by atoms with van der Waals surface area (Å²) in [6.45, 7) is 8.07. The number of nitrogens with two attached hydrogens (primary N) is 1. The van der Waals surface area contributed by atoms with Gasteiger partial charge in [0.25, 0.3) is 0 Å². The Hall–Kier alpha value is -1.88. The van der Waals surface area contributed by atoms with Crippen molar-refractivity contribution in [1.82, 2.24) is 9.80 Å². The van der Waals surface area contributed by atoms with Gasteiger partial charge in [0.2, 0.25) is 11.8 Å². The number of carbonyl (C=O) groups excluding carboxylic acids is 2. The number of piperazine rings is 1. The van der Waals surface area contributed by atoms with Crippen molar-refractivity contribution < 1.29 is 9.59 Å². The maximum atomic E-state index is 12.5. The van der Waals surface area contributed by atoms with Crippen LogP contribution in [0.5, 0.6) is 0 Å². The first kappa shape index (κ1) is 16.5. The molecule has 2 amide bonds. The Morgan fingerprint density at radius 1 is 0.955 bits per heavy atom. The lowest BCUT2D eigenvalue weighted by Crippen LogP contribution is -2.53. The second-order valence-electron chi connectivity index (χ2n) is 6.19. The van der Waals surface area contributed by atoms with Crippen LogP contribution in [0.4, 0.5) is 0 Å². The molecule has 1 fully saturated rings. The summed E-state index contributed by atoms with van der Waals surface area (Å²) in [5, 5.41) is 0. The average Bonchev–Trinajstić information content (AvgIpc) is 2.53. The summed E-state index contributed by atoms with van der Waals surface area (Å²) in [7, 11) is 0. The molecule has 2 N–H and O–H groups in total. The van der Waals surface area contributed by atoms with Crippen molar-refractivity contribution in [3.8, 4) is 0 Å². The second kappa shape index (κ2) is 6.92. The average molecular weight is 303 g/mol. The van der Waals surface area contributed by atoms with E-state index in [0.29, 0.717) is 26.2 Å². The Bertz CT molecular complexity index is 531. The highest BCUT2D eigenvalue weighted by Gasteiger charge is 2.28. The van der Waals surface area contributed by atoms with Gasteiger partial charge in [-0.3, -0.25) is 9.59 Å². The zero-order chi connectivity index (χ0) is 16.3. The quantitative estimate of drug-likeness (QED) is 0.916. The molecule has 1 atom stereocenters. The van der Waals surface area contributed by atoms with E-state index in [4.69, 9.17) is 5.73 Å². The lowest BCUT2D eigenvalue weighted by molar-refractivity contribution is -0.142. The van der Waals surface area contributed by atoms with Gasteiger partial charge in [-0.1, -0.05) is 43.7 Å². The molecule has 0 aliphatic carbocycles. The van der Waals surface area contributed by atoms with Crippen LogP contribution in [-0.2, 0) is 9.59 Å². The van der Waals surface area contributed by atoms with Gasteiger partial charge in [-0.05, 0) is 12.5 Å². The van der Waals surface area contributed by atoms with Crippen molar-refractivity contribution in [2.75, 3.05) is 26.2 Å². The van der Waals surface area contributed by atoms with Gasteiger partial charge in [-0.2, -0.15) is 0 Å². The van der Waals surface area contributed by atoms with E-state index in [9.17, 15) is 9.59 Å². The molecule has 0 aromatic heterocycles. The summed E-state index contributed by atoms with van der Waals surface area (Å²) < 4.78 is 0. The van der Waals surface area contributed by atoms with E-state index < -0.39 is 6.04 Å². The summed E-state index contributed by atoms with van der Waals surface area (Å²) in [5.41, 5.74) is 8.06. The molecule has 1 aliphatic rings. The molecular formula is C17H25N3O2. The highest BCUT2D eigenvalue weighted by molar-refractivity contribution is 5.84. The molecular weight excluding hydrogens is 278 g/mol. The standard InChI is InChI=1S/C17H25N3O2/c1-12(2)16(21)19-8-10-20(11-9-19)17(22)15(18)14-6-4-13(3)5-7-14/h4-7,12,15H,8-11,18H2,1-3H3. The first-order chi connectivity index (χ1) is 10.4. The van der Waals surface area contributed by atoms with Gasteiger partial charge in [-0.15, -0.1) is 0 Å². The van der Waals surface area contributed by atoms with Gasteiger partial charge in [0, 0.05) is 32.1 Å². The summed E-state index contributed by atoms with van der Waals surface area (Å²) in [6, 6.07) is 7.09. The Labute approximate surface area is 132 Å². The van der Waals surface area contributed by atoms with E-state index in [1.165, 1.54) is 0 Å². The highest BCUT2D eigenvalue weighted by atomic mass is 16.2. The molecule has 1 aliphatic heterocycles. The van der Waals surface area contributed by atoms with Crippen LogP contribution in [0.3, 0.4) is 0 Å². The first-order valence-electron chi connectivity index (χ1n) is 7.80. The second-order valence-corrected chi connectivity index (χ2v) is 6.19. The van der Waals surface area contributed by atoms with Crippen LogP contribution in [-0.4, -0.2) is 47.8 Å². The normalized spacial score (nSPS) is 16.8. The number of benzene rings is 1. The van der Waals surface area contributed by atoms with Crippen molar-refractivity contribution in [1.29, 1.82) is 0 Å². The molecule has 0 saturated carbocycles. The lowest BCUT2D eigenvalue weighted by atomic mass is 10.0. The lowest BCUT2D eigenvalue weighted by Gasteiger charge is -2.36. The van der Waals surface area contributed by atoms with Crippen LogP contribution in [0.2, 0.25) is 0 Å². The van der Waals surface area contributed by atoms with Gasteiger partial charge in [-0.25, -0.2) is 0 Å². The van der Waals surface area contributed by atoms with Crippen LogP contribution in [0.15, 0.2) is 24.3 Å². The maximum absolute atomic E-state index is 12.5. The van der Waals surface area contributed by atoms with Gasteiger partial charge in [0.1, 0.15) is 6.04 Å². The molecule has 5 heteroatoms. The van der Waals surface area contributed by atoms with Crippen LogP contribution >= 0.6 is 0 Å². The third kappa shape index (κ3) is 3.65. The number of carbonyl (C=O) groups is 2. The SMILES string of the molecule is Cc1ccc(C(N)C(=O)N2CCN(C(=O)C(C)C)CC2)cc1. The summed E-state index contributed by atoms with van der Waals surface area (Å²) in [5.74, 6) is 0.0764. The van der Waals surface area contributed by atoms with Gasteiger partial charge in [0.15, 0.2) is 0 Å². The predicted octanol–water partition coefficient (Wildman–Crippen LogP) is 1.32. The third-order valence-electron chi connectivity index (χ3n) is 4.10. The van der Waals surface area contributed by atoms with E-state index in [2.05, 4.69) is 0 Å². The number of rotatable bonds is 3. The van der Waals surface area contributed by atoms with Crippen LogP contribution in [0, 0.1) is 12.8 Å². The summed E-state index contributed by atoms with van der Waals surface area (Å²) in [6.07, 6.45) is 0. The summed E-state index contributed by atoms with van der Waals surface area (Å²) >= 11 is 0. The predicted molar refractivity (Wildman–Crippen MR) is 86.1 cm³/mol. The number of hydrogen-bond acceptors (Lipinski definition) is 3. The molecule has 1 saturated heterocycles. The maximum Gasteiger partial charge on any atom is 0.244 e. The minimum absolute atomic E-state index is 0.00272. The van der Waals surface area contributed by atoms with E-state index in [1.807, 2.05) is 49.9 Å². The van der Waals surface area contributed by atoms with Crippen molar-refractivity contribution in [3.05, 3.63) is 35.4 Å². The summed E-state index contributed by atoms with van der Waals surface area (Å²) in [4.78, 5) is 28.0. The van der Waals surface area contributed by atoms with Crippen molar-refractivity contribution in [3.63, 3.8) is 0 Å². The van der Waals surface area contributed by atoms with E-state index in [1.54, 1.807) is 4.90 Å². The molecule has 1 unspecified atom stereocenters. The molecule has 0 spiro atoms. The largest absolute Gasteiger partial charge is 0.339 e. The minimum atomic E-state index is -0.632. The van der Waals surface area contributed by atoms with E-state index in [-0.39, 0.29) is 17.7 Å². The monoisotopic (exact) mass is 303 g/mol. The molecule has 0 radical (unpaired) electrons. The smallest absolute Gasteiger partial charge is 0.244 e. The number of amides is 2. The molecule has 120 valence electrons. The Kier molecular flexibility index (Phi) is 5.19. The Balaban J connectivity index is 1.94. The minimum Gasteiger partial charge on any atom is -0.339 e. The third-order valence-corrected chi connectivity index (χ3v) is 4.10. The molecule has 1 heterocycles. The van der Waals surface area contributed by atoms with E-state index in [0.717, 1.165) is 11.1 Å². The fourth-order valence-electron chi connectivity index (χ4n) is 2.63. The Morgan fingerprint density at radius 3 is 1.86 bits per heavy atom. The zero-order valence-electron chi connectivity index (χ0n) is 13.6. The fourth-order valence-corrected chi connectivity index (χ4v) is 2.63. The van der Waals surface area contributed by atoms with Gasteiger partial charge >= 0.3 is 0 Å². The van der Waals surface area contributed by atoms with Crippen LogP contribution in [0.25, 0.3) is 0 Å². The number of hydrogen-bond donors (Lipinski definition) is 1. The molecule has 5 nitrogen and oxygen atoms in total. The van der Waals surface area contributed by atoms with E-state index >= 15 is 0 Å². The molecule has 22 heavy (non-hydrogen) atoms. The first-order valence-corrected chi connectivity index (χ1v) is 7.80. The van der Waals surface area contributed by atoms with Gasteiger partial charge in [0.05, 0.1) is 0 Å².